The summed E-state index contributed by atoms with van der Waals surface area (Å²) in [4.78, 5) is 12.6. The van der Waals surface area contributed by atoms with Crippen molar-refractivity contribution in [1.82, 2.24) is 4.57 Å². The van der Waals surface area contributed by atoms with Crippen LogP contribution in [0.5, 0.6) is 11.5 Å². The molecule has 1 aromatic heterocycles. The molecular weight excluding hydrogens is 376 g/mol. The highest BCUT2D eigenvalue weighted by Gasteiger charge is 2.11. The summed E-state index contributed by atoms with van der Waals surface area (Å²) in [6.45, 7) is 3.05. The molecule has 3 aromatic carbocycles. The minimum atomic E-state index is -0.0108. The standard InChI is InChI=1S/C25H26N2O3/c1-4-27-21-8-6-5-7-19(21)20-16-18(11-12-22(20)27)26-25(28)14-10-17-9-13-23(29-2)24(15-17)30-3/h5-9,11-13,15-16H,4,10,14H2,1-3H3,(H,26,28). The summed E-state index contributed by atoms with van der Waals surface area (Å²) in [6.07, 6.45) is 1.02. The lowest BCUT2D eigenvalue weighted by molar-refractivity contribution is -0.116. The number of benzene rings is 3. The number of nitrogens with zero attached hydrogens (tertiary/aromatic N) is 1. The number of carbonyl (C=O) groups is 1. The number of ether oxygens (including phenoxy) is 2. The van der Waals surface area contributed by atoms with Gasteiger partial charge >= 0.3 is 0 Å². The van der Waals surface area contributed by atoms with Crippen molar-refractivity contribution >= 4 is 33.4 Å². The Morgan fingerprint density at radius 2 is 1.67 bits per heavy atom. The van der Waals surface area contributed by atoms with E-state index in [2.05, 4.69) is 53.2 Å². The van der Waals surface area contributed by atoms with Crippen LogP contribution in [0.1, 0.15) is 18.9 Å². The summed E-state index contributed by atoms with van der Waals surface area (Å²) >= 11 is 0. The van der Waals surface area contributed by atoms with E-state index in [9.17, 15) is 4.79 Å². The van der Waals surface area contributed by atoms with E-state index in [1.807, 2.05) is 24.3 Å². The third kappa shape index (κ3) is 3.71. The third-order valence-corrected chi connectivity index (χ3v) is 5.46. The molecule has 5 nitrogen and oxygen atoms in total. The van der Waals surface area contributed by atoms with E-state index in [0.717, 1.165) is 23.2 Å². The molecule has 0 radical (unpaired) electrons. The molecule has 4 rings (SSSR count). The molecule has 0 aliphatic heterocycles. The smallest absolute Gasteiger partial charge is 0.224 e. The first-order valence-corrected chi connectivity index (χ1v) is 10.2. The van der Waals surface area contributed by atoms with Crippen LogP contribution < -0.4 is 14.8 Å². The van der Waals surface area contributed by atoms with Gasteiger partial charge in [-0.1, -0.05) is 24.3 Å². The SMILES string of the molecule is CCn1c2ccccc2c2cc(NC(=O)CCc3ccc(OC)c(OC)c3)ccc21. The van der Waals surface area contributed by atoms with E-state index in [4.69, 9.17) is 9.47 Å². The van der Waals surface area contributed by atoms with Crippen LogP contribution in [-0.2, 0) is 17.8 Å². The first kappa shape index (κ1) is 19.8. The van der Waals surface area contributed by atoms with Gasteiger partial charge in [0, 0.05) is 40.5 Å². The zero-order chi connectivity index (χ0) is 21.1. The topological polar surface area (TPSA) is 52.5 Å². The zero-order valence-corrected chi connectivity index (χ0v) is 17.6. The van der Waals surface area contributed by atoms with Crippen molar-refractivity contribution in [2.45, 2.75) is 26.3 Å². The van der Waals surface area contributed by atoms with Gasteiger partial charge in [-0.05, 0) is 55.3 Å². The van der Waals surface area contributed by atoms with Crippen molar-refractivity contribution in [1.29, 1.82) is 0 Å². The predicted molar refractivity (Wildman–Crippen MR) is 122 cm³/mol. The molecule has 1 amide bonds. The fourth-order valence-electron chi connectivity index (χ4n) is 3.99. The van der Waals surface area contributed by atoms with Crippen molar-refractivity contribution in [3.05, 3.63) is 66.2 Å². The van der Waals surface area contributed by atoms with Gasteiger partial charge in [0.2, 0.25) is 5.91 Å². The largest absolute Gasteiger partial charge is 0.493 e. The molecule has 154 valence electrons. The second kappa shape index (κ2) is 8.49. The van der Waals surface area contributed by atoms with Gasteiger partial charge in [-0.2, -0.15) is 0 Å². The van der Waals surface area contributed by atoms with Crippen LogP contribution in [0.4, 0.5) is 5.69 Å². The molecule has 1 heterocycles. The van der Waals surface area contributed by atoms with Gasteiger partial charge in [-0.25, -0.2) is 0 Å². The fourth-order valence-corrected chi connectivity index (χ4v) is 3.99. The Balaban J connectivity index is 1.50. The van der Waals surface area contributed by atoms with Gasteiger partial charge < -0.3 is 19.4 Å². The molecule has 0 aliphatic rings. The molecule has 0 atom stereocenters. The Kier molecular flexibility index (Phi) is 5.61. The Morgan fingerprint density at radius 1 is 0.900 bits per heavy atom. The number of aryl methyl sites for hydroxylation is 2. The maximum absolute atomic E-state index is 12.6. The van der Waals surface area contributed by atoms with E-state index in [0.29, 0.717) is 24.3 Å². The molecule has 0 unspecified atom stereocenters. The molecule has 0 bridgehead atoms. The monoisotopic (exact) mass is 402 g/mol. The van der Waals surface area contributed by atoms with Crippen molar-refractivity contribution in [2.24, 2.45) is 0 Å². The highest BCUT2D eigenvalue weighted by Crippen LogP contribution is 2.31. The first-order valence-electron chi connectivity index (χ1n) is 10.2. The van der Waals surface area contributed by atoms with Gasteiger partial charge in [0.25, 0.3) is 0 Å². The van der Waals surface area contributed by atoms with Gasteiger partial charge in [-0.3, -0.25) is 4.79 Å². The minimum Gasteiger partial charge on any atom is -0.493 e. The van der Waals surface area contributed by atoms with E-state index in [1.165, 1.54) is 16.4 Å². The molecule has 0 spiro atoms. The number of fused-ring (bicyclic) bond motifs is 3. The zero-order valence-electron chi connectivity index (χ0n) is 17.6. The number of hydrogen-bond acceptors (Lipinski definition) is 3. The summed E-state index contributed by atoms with van der Waals surface area (Å²) < 4.78 is 12.9. The summed E-state index contributed by atoms with van der Waals surface area (Å²) in [6, 6.07) is 20.2. The van der Waals surface area contributed by atoms with Crippen LogP contribution in [0, 0.1) is 0 Å². The minimum absolute atomic E-state index is 0.0108. The van der Waals surface area contributed by atoms with Gasteiger partial charge in [0.15, 0.2) is 11.5 Å². The lowest BCUT2D eigenvalue weighted by Crippen LogP contribution is -2.12. The van der Waals surface area contributed by atoms with Crippen molar-refractivity contribution in [3.8, 4) is 11.5 Å². The highest BCUT2D eigenvalue weighted by atomic mass is 16.5. The number of methoxy groups -OCH3 is 2. The molecule has 30 heavy (non-hydrogen) atoms. The number of para-hydroxylation sites is 1. The molecule has 1 N–H and O–H groups in total. The second-order valence-electron chi connectivity index (χ2n) is 7.23. The first-order chi connectivity index (χ1) is 14.6. The van der Waals surface area contributed by atoms with Crippen LogP contribution in [-0.4, -0.2) is 24.7 Å². The van der Waals surface area contributed by atoms with Gasteiger partial charge in [-0.15, -0.1) is 0 Å². The van der Waals surface area contributed by atoms with E-state index in [-0.39, 0.29) is 5.91 Å². The summed E-state index contributed by atoms with van der Waals surface area (Å²) in [5.74, 6) is 1.35. The number of aromatic nitrogens is 1. The van der Waals surface area contributed by atoms with Crippen molar-refractivity contribution in [3.63, 3.8) is 0 Å². The maximum Gasteiger partial charge on any atom is 0.224 e. The van der Waals surface area contributed by atoms with E-state index >= 15 is 0 Å². The fraction of sp³-hybridized carbons (Fsp3) is 0.240. The van der Waals surface area contributed by atoms with Crippen LogP contribution in [0.15, 0.2) is 60.7 Å². The lowest BCUT2D eigenvalue weighted by Gasteiger charge is -2.10. The van der Waals surface area contributed by atoms with Crippen LogP contribution in [0.2, 0.25) is 0 Å². The molecule has 0 saturated carbocycles. The summed E-state index contributed by atoms with van der Waals surface area (Å²) in [7, 11) is 3.22. The van der Waals surface area contributed by atoms with E-state index in [1.54, 1.807) is 14.2 Å². The highest BCUT2D eigenvalue weighted by molar-refractivity contribution is 6.09. The van der Waals surface area contributed by atoms with Gasteiger partial charge in [0.05, 0.1) is 14.2 Å². The molecule has 0 fully saturated rings. The predicted octanol–water partition coefficient (Wildman–Crippen LogP) is 5.40. The van der Waals surface area contributed by atoms with E-state index < -0.39 is 0 Å². The second-order valence-corrected chi connectivity index (χ2v) is 7.23. The van der Waals surface area contributed by atoms with Crippen LogP contribution in [0.25, 0.3) is 21.8 Å². The summed E-state index contributed by atoms with van der Waals surface area (Å²) in [5, 5.41) is 5.41. The average molecular weight is 402 g/mol. The van der Waals surface area contributed by atoms with Crippen molar-refractivity contribution in [2.75, 3.05) is 19.5 Å². The number of rotatable bonds is 7. The van der Waals surface area contributed by atoms with Crippen LogP contribution in [0.3, 0.4) is 0 Å². The number of amides is 1. The van der Waals surface area contributed by atoms with Crippen molar-refractivity contribution < 1.29 is 14.3 Å². The van der Waals surface area contributed by atoms with Crippen LogP contribution >= 0.6 is 0 Å². The Morgan fingerprint density at radius 3 is 2.43 bits per heavy atom. The average Bonchev–Trinajstić information content (AvgIpc) is 3.10. The third-order valence-electron chi connectivity index (χ3n) is 5.46. The molecule has 0 aliphatic carbocycles. The number of carbonyl (C=O) groups excluding carboxylic acids is 1. The number of anilines is 1. The Hall–Kier alpha value is -3.47. The molecule has 0 saturated heterocycles. The molecule has 5 heteroatoms. The summed E-state index contributed by atoms with van der Waals surface area (Å²) in [5.41, 5.74) is 4.25. The maximum atomic E-state index is 12.6. The Labute approximate surface area is 176 Å². The lowest BCUT2D eigenvalue weighted by atomic mass is 10.1. The number of nitrogens with one attached hydrogen (secondary N) is 1. The van der Waals surface area contributed by atoms with Gasteiger partial charge in [0.1, 0.15) is 0 Å². The normalized spacial score (nSPS) is 11.0. The Bertz CT molecular complexity index is 1210. The molecular formula is C25H26N2O3. The molecule has 4 aromatic rings. The quantitative estimate of drug-likeness (QED) is 0.450. The number of hydrogen-bond donors (Lipinski definition) is 1.